The average molecular weight is 323 g/mol. The van der Waals surface area contributed by atoms with Gasteiger partial charge in [-0.05, 0) is 30.3 Å². The largest absolute Gasteiger partial charge is 0.439 e. The second kappa shape index (κ2) is 5.89. The molecule has 0 amide bonds. The molecule has 8 nitrogen and oxygen atoms in total. The van der Waals surface area contributed by atoms with Crippen molar-refractivity contribution >= 4 is 0 Å². The first-order chi connectivity index (χ1) is 11.5. The second-order valence-corrected chi connectivity index (χ2v) is 5.04. The van der Waals surface area contributed by atoms with Crippen molar-refractivity contribution in [3.63, 3.8) is 0 Å². The Bertz CT molecular complexity index is 1040. The molecule has 0 aliphatic carbocycles. The molecule has 0 aliphatic heterocycles. The third-order valence-corrected chi connectivity index (χ3v) is 3.54. The van der Waals surface area contributed by atoms with Crippen LogP contribution in [0.15, 0.2) is 52.3 Å². The number of aromatic nitrogens is 4. The summed E-state index contributed by atoms with van der Waals surface area (Å²) >= 11 is 0. The molecule has 120 valence electrons. The summed E-state index contributed by atoms with van der Waals surface area (Å²) in [5, 5.41) is 13.3. The Morgan fingerprint density at radius 1 is 1.12 bits per heavy atom. The molecule has 0 aliphatic rings. The number of nitriles is 1. The summed E-state index contributed by atoms with van der Waals surface area (Å²) in [6.07, 6.45) is 3.47. The van der Waals surface area contributed by atoms with Gasteiger partial charge < -0.3 is 4.74 Å². The molecule has 0 bridgehead atoms. The van der Waals surface area contributed by atoms with Gasteiger partial charge in [-0.2, -0.15) is 10.4 Å². The Morgan fingerprint density at radius 2 is 1.83 bits per heavy atom. The van der Waals surface area contributed by atoms with Crippen molar-refractivity contribution in [2.24, 2.45) is 14.1 Å². The van der Waals surface area contributed by atoms with Gasteiger partial charge in [-0.3, -0.25) is 13.9 Å². The van der Waals surface area contributed by atoms with Crippen molar-refractivity contribution in [3.05, 3.63) is 69.1 Å². The fourth-order valence-electron chi connectivity index (χ4n) is 2.24. The van der Waals surface area contributed by atoms with E-state index in [-0.39, 0.29) is 11.4 Å². The quantitative estimate of drug-likeness (QED) is 0.714. The lowest BCUT2D eigenvalue weighted by Crippen LogP contribution is -2.38. The van der Waals surface area contributed by atoms with E-state index in [1.807, 2.05) is 0 Å². The van der Waals surface area contributed by atoms with E-state index in [0.717, 1.165) is 14.8 Å². The van der Waals surface area contributed by atoms with Crippen LogP contribution in [0.2, 0.25) is 0 Å². The highest BCUT2D eigenvalue weighted by Gasteiger charge is 2.17. The third-order valence-electron chi connectivity index (χ3n) is 3.54. The highest BCUT2D eigenvalue weighted by molar-refractivity contribution is 5.42. The summed E-state index contributed by atoms with van der Waals surface area (Å²) in [5.74, 6) is 0.308. The topological polar surface area (TPSA) is 94.8 Å². The highest BCUT2D eigenvalue weighted by atomic mass is 16.5. The molecule has 0 fully saturated rings. The van der Waals surface area contributed by atoms with E-state index in [9.17, 15) is 14.9 Å². The Hall–Kier alpha value is -3.60. The van der Waals surface area contributed by atoms with Gasteiger partial charge in [0.15, 0.2) is 5.56 Å². The van der Waals surface area contributed by atoms with Gasteiger partial charge >= 0.3 is 5.69 Å². The maximum absolute atomic E-state index is 12.0. The van der Waals surface area contributed by atoms with Gasteiger partial charge in [0.2, 0.25) is 5.88 Å². The lowest BCUT2D eigenvalue weighted by atomic mass is 10.3. The standard InChI is InChI=1S/C16H13N5O3/c1-19-14(22)13(10-17)15(20(2)16(19)23)24-12-6-4-11(5-7-12)21-9-3-8-18-21/h3-9H,1-2H3. The van der Waals surface area contributed by atoms with Crippen LogP contribution in [-0.4, -0.2) is 18.9 Å². The van der Waals surface area contributed by atoms with Crippen molar-refractivity contribution in [2.45, 2.75) is 0 Å². The first-order valence-corrected chi connectivity index (χ1v) is 7.01. The van der Waals surface area contributed by atoms with Crippen LogP contribution in [0.3, 0.4) is 0 Å². The molecular weight excluding hydrogens is 310 g/mol. The monoisotopic (exact) mass is 323 g/mol. The molecule has 0 saturated carbocycles. The van der Waals surface area contributed by atoms with E-state index in [1.54, 1.807) is 53.5 Å². The molecule has 8 heteroatoms. The predicted octanol–water partition coefficient (Wildman–Crippen LogP) is 0.934. The van der Waals surface area contributed by atoms with E-state index in [2.05, 4.69) is 5.10 Å². The number of benzene rings is 1. The number of hydrogen-bond acceptors (Lipinski definition) is 5. The molecule has 0 unspecified atom stereocenters. The van der Waals surface area contributed by atoms with E-state index in [1.165, 1.54) is 14.1 Å². The minimum absolute atomic E-state index is 0.0857. The average Bonchev–Trinajstić information content (AvgIpc) is 3.13. The van der Waals surface area contributed by atoms with Crippen LogP contribution in [0.25, 0.3) is 5.69 Å². The lowest BCUT2D eigenvalue weighted by molar-refractivity contribution is 0.421. The summed E-state index contributed by atoms with van der Waals surface area (Å²) in [5.41, 5.74) is -0.660. The smallest absolute Gasteiger partial charge is 0.333 e. The number of nitrogens with zero attached hydrogens (tertiary/aromatic N) is 5. The minimum Gasteiger partial charge on any atom is -0.439 e. The van der Waals surface area contributed by atoms with Crippen LogP contribution in [0.4, 0.5) is 0 Å². The molecular formula is C16H13N5O3. The molecule has 0 atom stereocenters. The molecule has 3 rings (SSSR count). The number of hydrogen-bond donors (Lipinski definition) is 0. The number of ether oxygens (including phenoxy) is 1. The normalized spacial score (nSPS) is 10.4. The van der Waals surface area contributed by atoms with Crippen LogP contribution in [0, 0.1) is 11.3 Å². The van der Waals surface area contributed by atoms with Gasteiger partial charge in [0.1, 0.15) is 11.8 Å². The molecule has 0 saturated heterocycles. The molecule has 2 aromatic heterocycles. The molecule has 3 aromatic rings. The van der Waals surface area contributed by atoms with Gasteiger partial charge in [0, 0.05) is 26.5 Å². The van der Waals surface area contributed by atoms with E-state index in [0.29, 0.717) is 5.75 Å². The number of rotatable bonds is 3. The molecule has 2 heterocycles. The van der Waals surface area contributed by atoms with Crippen molar-refractivity contribution in [1.29, 1.82) is 5.26 Å². The van der Waals surface area contributed by atoms with Gasteiger partial charge in [-0.15, -0.1) is 0 Å². The highest BCUT2D eigenvalue weighted by Crippen LogP contribution is 2.22. The molecule has 0 radical (unpaired) electrons. The van der Waals surface area contributed by atoms with Crippen LogP contribution in [-0.2, 0) is 14.1 Å². The summed E-state index contributed by atoms with van der Waals surface area (Å²) in [7, 11) is 2.75. The Balaban J connectivity index is 2.02. The zero-order valence-electron chi connectivity index (χ0n) is 13.0. The Kier molecular flexibility index (Phi) is 3.75. The fraction of sp³-hybridized carbons (Fsp3) is 0.125. The van der Waals surface area contributed by atoms with Crippen molar-refractivity contribution < 1.29 is 4.74 Å². The Labute approximate surface area is 136 Å². The first-order valence-electron chi connectivity index (χ1n) is 7.01. The van der Waals surface area contributed by atoms with Crippen molar-refractivity contribution in [2.75, 3.05) is 0 Å². The van der Waals surface area contributed by atoms with E-state index in [4.69, 9.17) is 4.74 Å². The fourth-order valence-corrected chi connectivity index (χ4v) is 2.24. The second-order valence-electron chi connectivity index (χ2n) is 5.04. The van der Waals surface area contributed by atoms with Crippen LogP contribution < -0.4 is 16.0 Å². The molecule has 0 spiro atoms. The summed E-state index contributed by atoms with van der Waals surface area (Å²) in [6.45, 7) is 0. The van der Waals surface area contributed by atoms with Gasteiger partial charge in [-0.25, -0.2) is 9.48 Å². The summed E-state index contributed by atoms with van der Waals surface area (Å²) in [4.78, 5) is 24.0. The van der Waals surface area contributed by atoms with Crippen LogP contribution in [0.1, 0.15) is 5.56 Å². The maximum atomic E-state index is 12.0. The first kappa shape index (κ1) is 15.3. The zero-order chi connectivity index (χ0) is 17.3. The van der Waals surface area contributed by atoms with Crippen LogP contribution in [0.5, 0.6) is 11.6 Å². The van der Waals surface area contributed by atoms with Gasteiger partial charge in [0.25, 0.3) is 5.56 Å². The summed E-state index contributed by atoms with van der Waals surface area (Å²) < 4.78 is 9.29. The lowest BCUT2D eigenvalue weighted by Gasteiger charge is -2.12. The molecule has 24 heavy (non-hydrogen) atoms. The minimum atomic E-state index is -0.691. The van der Waals surface area contributed by atoms with E-state index >= 15 is 0 Å². The van der Waals surface area contributed by atoms with Crippen molar-refractivity contribution in [1.82, 2.24) is 18.9 Å². The predicted molar refractivity (Wildman–Crippen MR) is 85.3 cm³/mol. The molecule has 0 N–H and O–H groups in total. The zero-order valence-corrected chi connectivity index (χ0v) is 13.0. The van der Waals surface area contributed by atoms with E-state index < -0.39 is 11.2 Å². The maximum Gasteiger partial charge on any atom is 0.333 e. The van der Waals surface area contributed by atoms with Crippen molar-refractivity contribution in [3.8, 4) is 23.4 Å². The summed E-state index contributed by atoms with van der Waals surface area (Å²) in [6, 6.07) is 10.5. The SMILES string of the molecule is Cn1c(Oc2ccc(-n3cccn3)cc2)c(C#N)c(=O)n(C)c1=O. The van der Waals surface area contributed by atoms with Gasteiger partial charge in [0.05, 0.1) is 5.69 Å². The Morgan fingerprint density at radius 3 is 2.42 bits per heavy atom. The van der Waals surface area contributed by atoms with Crippen LogP contribution >= 0.6 is 0 Å². The van der Waals surface area contributed by atoms with Gasteiger partial charge in [-0.1, -0.05) is 0 Å². The third kappa shape index (κ3) is 2.48. The molecule has 1 aromatic carbocycles.